The Balaban J connectivity index is 1.83. The molecular weight excluding hydrogens is 401 g/mol. The first-order valence-electron chi connectivity index (χ1n) is 9.90. The van der Waals surface area contributed by atoms with Gasteiger partial charge in [0.25, 0.3) is 0 Å². The van der Waals surface area contributed by atoms with E-state index in [9.17, 15) is 4.39 Å². The summed E-state index contributed by atoms with van der Waals surface area (Å²) < 4.78 is 14.5. The molecule has 0 saturated carbocycles. The van der Waals surface area contributed by atoms with Crippen LogP contribution >= 0.6 is 0 Å². The van der Waals surface area contributed by atoms with Crippen molar-refractivity contribution in [1.82, 2.24) is 9.97 Å². The van der Waals surface area contributed by atoms with Crippen LogP contribution in [-0.2, 0) is 0 Å². The number of aryl methyl sites for hydroxylation is 2. The molecule has 0 aliphatic carbocycles. The predicted octanol–water partition coefficient (Wildman–Crippen LogP) is 6.20. The van der Waals surface area contributed by atoms with Crippen molar-refractivity contribution in [2.24, 2.45) is 0 Å². The van der Waals surface area contributed by atoms with E-state index in [4.69, 9.17) is 10.5 Å². The number of nitrogens with one attached hydrogen (secondary N) is 1. The molecule has 0 fully saturated rings. The average Bonchev–Trinajstić information content (AvgIpc) is 2.78. The summed E-state index contributed by atoms with van der Waals surface area (Å²) in [6.45, 7) is 3.92. The van der Waals surface area contributed by atoms with Gasteiger partial charge >= 0.3 is 0 Å². The van der Waals surface area contributed by atoms with Gasteiger partial charge in [0, 0.05) is 28.9 Å². The number of hydrogen-bond acceptors (Lipinski definition) is 5. The fraction of sp³-hybridized carbons (Fsp3) is 0.0769. The minimum atomic E-state index is -0.365. The molecular formula is C26H18FN5. The number of benzene rings is 3. The highest BCUT2D eigenvalue weighted by Gasteiger charge is 2.15. The fourth-order valence-electron chi connectivity index (χ4n) is 3.77. The molecule has 4 aromatic rings. The molecule has 0 spiro atoms. The van der Waals surface area contributed by atoms with Crippen molar-refractivity contribution < 1.29 is 4.39 Å². The van der Waals surface area contributed by atoms with Gasteiger partial charge in [0.2, 0.25) is 5.95 Å². The third-order valence-corrected chi connectivity index (χ3v) is 5.09. The number of anilines is 2. The minimum absolute atomic E-state index is 0.365. The molecule has 0 radical (unpaired) electrons. The Kier molecular flexibility index (Phi) is 5.61. The highest BCUT2D eigenvalue weighted by atomic mass is 19.1. The van der Waals surface area contributed by atoms with Crippen LogP contribution in [0.3, 0.4) is 0 Å². The summed E-state index contributed by atoms with van der Waals surface area (Å²) in [6, 6.07) is 17.9. The lowest BCUT2D eigenvalue weighted by Gasteiger charge is -2.15. The van der Waals surface area contributed by atoms with Gasteiger partial charge in [-0.15, -0.1) is 0 Å². The smallest absolute Gasteiger partial charge is 0.227 e. The number of nitrogens with zero attached hydrogens (tertiary/aromatic N) is 4. The molecule has 0 saturated heterocycles. The molecule has 0 bridgehead atoms. The zero-order valence-electron chi connectivity index (χ0n) is 17.5. The van der Waals surface area contributed by atoms with E-state index in [1.54, 1.807) is 36.5 Å². The molecule has 0 amide bonds. The molecule has 32 heavy (non-hydrogen) atoms. The van der Waals surface area contributed by atoms with E-state index >= 15 is 0 Å². The summed E-state index contributed by atoms with van der Waals surface area (Å²) >= 11 is 0. The first-order valence-corrected chi connectivity index (χ1v) is 9.90. The Labute approximate surface area is 185 Å². The van der Waals surface area contributed by atoms with E-state index in [0.717, 1.165) is 27.9 Å². The van der Waals surface area contributed by atoms with E-state index in [0.29, 0.717) is 28.0 Å². The van der Waals surface area contributed by atoms with Crippen molar-refractivity contribution >= 4 is 28.6 Å². The molecule has 0 atom stereocenters. The number of hydrogen-bond donors (Lipinski definition) is 1. The van der Waals surface area contributed by atoms with Gasteiger partial charge in [-0.05, 0) is 78.6 Å². The third kappa shape index (κ3) is 4.16. The highest BCUT2D eigenvalue weighted by molar-refractivity contribution is 5.96. The average molecular weight is 419 g/mol. The summed E-state index contributed by atoms with van der Waals surface area (Å²) in [5.74, 6) is 0.00935. The van der Waals surface area contributed by atoms with Crippen LogP contribution in [0.25, 0.3) is 28.1 Å². The van der Waals surface area contributed by atoms with Gasteiger partial charge in [0.15, 0.2) is 0 Å². The van der Waals surface area contributed by atoms with Crippen LogP contribution in [0.4, 0.5) is 16.0 Å². The Morgan fingerprint density at radius 3 is 2.38 bits per heavy atom. The minimum Gasteiger partial charge on any atom is -0.324 e. The Hall–Kier alpha value is -4.55. The van der Waals surface area contributed by atoms with Crippen LogP contribution in [0.1, 0.15) is 22.3 Å². The van der Waals surface area contributed by atoms with E-state index in [1.165, 1.54) is 18.2 Å². The summed E-state index contributed by atoms with van der Waals surface area (Å²) in [7, 11) is 0. The molecule has 3 aromatic carbocycles. The molecule has 0 aliphatic rings. The molecule has 1 aromatic heterocycles. The lowest BCUT2D eigenvalue weighted by atomic mass is 9.92. The standard InChI is InChI=1S/C26H18FN5/c1-16-10-19(4-3-9-28)11-17(2)24(16)23-13-21(27)12-20-15-30-26(32-25(20)23)31-22-7-5-18(14-29)6-8-22/h3-8,10-13,15H,1-2H3,(H,30,31,32)/b4-3+. The van der Waals surface area contributed by atoms with Crippen molar-refractivity contribution in [3.05, 3.63) is 88.9 Å². The molecule has 0 aliphatic heterocycles. The highest BCUT2D eigenvalue weighted by Crippen LogP contribution is 2.34. The van der Waals surface area contributed by atoms with E-state index in [2.05, 4.69) is 21.4 Å². The lowest BCUT2D eigenvalue weighted by molar-refractivity contribution is 0.630. The maximum absolute atomic E-state index is 14.5. The van der Waals surface area contributed by atoms with Crippen molar-refractivity contribution in [3.63, 3.8) is 0 Å². The quantitative estimate of drug-likeness (QED) is 0.398. The second-order valence-electron chi connectivity index (χ2n) is 7.39. The molecule has 5 nitrogen and oxygen atoms in total. The summed E-state index contributed by atoms with van der Waals surface area (Å²) in [4.78, 5) is 8.99. The van der Waals surface area contributed by atoms with Gasteiger partial charge in [0.1, 0.15) is 5.82 Å². The topological polar surface area (TPSA) is 85.4 Å². The van der Waals surface area contributed by atoms with Crippen molar-refractivity contribution in [1.29, 1.82) is 10.5 Å². The Morgan fingerprint density at radius 2 is 1.72 bits per heavy atom. The van der Waals surface area contributed by atoms with Gasteiger partial charge in [-0.2, -0.15) is 10.5 Å². The van der Waals surface area contributed by atoms with E-state index < -0.39 is 0 Å². The van der Waals surface area contributed by atoms with Crippen LogP contribution in [-0.4, -0.2) is 9.97 Å². The van der Waals surface area contributed by atoms with Gasteiger partial charge in [-0.25, -0.2) is 14.4 Å². The second kappa shape index (κ2) is 8.67. The fourth-order valence-corrected chi connectivity index (χ4v) is 3.77. The zero-order chi connectivity index (χ0) is 22.7. The van der Waals surface area contributed by atoms with Gasteiger partial charge < -0.3 is 5.32 Å². The Bertz CT molecular complexity index is 1420. The normalized spacial score (nSPS) is 10.8. The first-order chi connectivity index (χ1) is 15.5. The van der Waals surface area contributed by atoms with Crippen LogP contribution in [0, 0.1) is 42.3 Å². The summed E-state index contributed by atoms with van der Waals surface area (Å²) in [5, 5.41) is 21.5. The number of halogens is 1. The maximum Gasteiger partial charge on any atom is 0.227 e. The van der Waals surface area contributed by atoms with Crippen LogP contribution in [0.2, 0.25) is 0 Å². The molecule has 154 valence electrons. The number of rotatable bonds is 4. The van der Waals surface area contributed by atoms with Crippen LogP contribution in [0.5, 0.6) is 0 Å². The monoisotopic (exact) mass is 419 g/mol. The maximum atomic E-state index is 14.5. The second-order valence-corrected chi connectivity index (χ2v) is 7.39. The third-order valence-electron chi connectivity index (χ3n) is 5.09. The van der Waals surface area contributed by atoms with Crippen molar-refractivity contribution in [2.75, 3.05) is 5.32 Å². The van der Waals surface area contributed by atoms with Gasteiger partial charge in [0.05, 0.1) is 23.2 Å². The van der Waals surface area contributed by atoms with Crippen molar-refractivity contribution in [2.45, 2.75) is 13.8 Å². The largest absolute Gasteiger partial charge is 0.324 e. The molecule has 0 unspecified atom stereocenters. The molecule has 4 rings (SSSR count). The number of aromatic nitrogens is 2. The number of allylic oxidation sites excluding steroid dienone is 1. The van der Waals surface area contributed by atoms with Gasteiger partial charge in [-0.1, -0.05) is 12.1 Å². The zero-order valence-corrected chi connectivity index (χ0v) is 17.5. The SMILES string of the molecule is Cc1cc(/C=C/C#N)cc(C)c1-c1cc(F)cc2cnc(Nc3ccc(C#N)cc3)nc12. The Morgan fingerprint density at radius 1 is 1.00 bits per heavy atom. The van der Waals surface area contributed by atoms with E-state index in [-0.39, 0.29) is 5.82 Å². The van der Waals surface area contributed by atoms with Crippen molar-refractivity contribution in [3.8, 4) is 23.3 Å². The molecule has 1 heterocycles. The summed E-state index contributed by atoms with van der Waals surface area (Å²) in [6.07, 6.45) is 4.77. The molecule has 6 heteroatoms. The predicted molar refractivity (Wildman–Crippen MR) is 123 cm³/mol. The number of fused-ring (bicyclic) bond motifs is 1. The van der Waals surface area contributed by atoms with Crippen LogP contribution < -0.4 is 5.32 Å². The van der Waals surface area contributed by atoms with Gasteiger partial charge in [-0.3, -0.25) is 0 Å². The summed E-state index contributed by atoms with van der Waals surface area (Å²) in [5.41, 5.74) is 6.32. The lowest BCUT2D eigenvalue weighted by Crippen LogP contribution is -1.99. The first kappa shape index (κ1) is 20.7. The number of nitriles is 2. The molecule has 1 N–H and O–H groups in total. The van der Waals surface area contributed by atoms with E-state index in [1.807, 2.05) is 32.0 Å². The van der Waals surface area contributed by atoms with Crippen LogP contribution in [0.15, 0.2) is 60.8 Å².